The summed E-state index contributed by atoms with van der Waals surface area (Å²) >= 11 is 11.5. The summed E-state index contributed by atoms with van der Waals surface area (Å²) in [5.41, 5.74) is 5.68. The molecule has 0 atom stereocenters. The summed E-state index contributed by atoms with van der Waals surface area (Å²) in [6, 6.07) is 3.84. The van der Waals surface area contributed by atoms with E-state index in [1.54, 1.807) is 12.1 Å². The van der Waals surface area contributed by atoms with E-state index in [0.29, 0.717) is 21.8 Å². The van der Waals surface area contributed by atoms with Crippen LogP contribution in [0.2, 0.25) is 10.0 Å². The van der Waals surface area contributed by atoms with E-state index >= 15 is 0 Å². The van der Waals surface area contributed by atoms with E-state index in [0.717, 1.165) is 5.01 Å². The maximum Gasteiger partial charge on any atom is 0.348 e. The highest BCUT2D eigenvalue weighted by molar-refractivity contribution is 6.42. The van der Waals surface area contributed by atoms with E-state index in [-0.39, 0.29) is 6.54 Å². The number of rotatable bonds is 4. The van der Waals surface area contributed by atoms with Crippen molar-refractivity contribution in [3.8, 4) is 0 Å². The zero-order valence-electron chi connectivity index (χ0n) is 9.01. The van der Waals surface area contributed by atoms with Crippen molar-refractivity contribution in [3.05, 3.63) is 33.8 Å². The number of benzene rings is 1. The average Bonchev–Trinajstić information content (AvgIpc) is 2.28. The van der Waals surface area contributed by atoms with Gasteiger partial charge in [-0.25, -0.2) is 14.6 Å². The Balaban J connectivity index is 2.86. The van der Waals surface area contributed by atoms with Crippen molar-refractivity contribution in [2.45, 2.75) is 6.54 Å². The second-order valence-electron chi connectivity index (χ2n) is 3.23. The lowest BCUT2D eigenvalue weighted by molar-refractivity contribution is -0.128. The molecular weight excluding hydrogens is 281 g/mol. The van der Waals surface area contributed by atoms with Crippen LogP contribution in [0.5, 0.6) is 0 Å². The molecule has 0 saturated carbocycles. The molecule has 1 rings (SSSR count). The summed E-state index contributed by atoms with van der Waals surface area (Å²) < 4.78 is 0. The third kappa shape index (κ3) is 4.23. The molecule has 0 radical (unpaired) electrons. The van der Waals surface area contributed by atoms with Crippen molar-refractivity contribution in [3.63, 3.8) is 0 Å². The molecule has 6 nitrogen and oxygen atoms in total. The topological polar surface area (TPSA) is 96.0 Å². The van der Waals surface area contributed by atoms with Crippen molar-refractivity contribution in [1.29, 1.82) is 0 Å². The van der Waals surface area contributed by atoms with Gasteiger partial charge in [0.05, 0.1) is 16.6 Å². The van der Waals surface area contributed by atoms with Gasteiger partial charge in [0.25, 0.3) is 0 Å². The van der Waals surface area contributed by atoms with Crippen LogP contribution in [0.3, 0.4) is 0 Å². The lowest BCUT2D eigenvalue weighted by Gasteiger charge is -2.14. The number of nitrogens with two attached hydrogens (primary N) is 1. The number of hydrogen-bond acceptors (Lipinski definition) is 3. The number of carbonyl (C=O) groups is 2. The smallest absolute Gasteiger partial charge is 0.348 e. The third-order valence-corrected chi connectivity index (χ3v) is 2.62. The summed E-state index contributed by atoms with van der Waals surface area (Å²) in [5, 5.41) is 13.3. The molecule has 0 unspecified atom stereocenters. The monoisotopic (exact) mass is 289 g/mol. The molecule has 0 aromatic heterocycles. The zero-order chi connectivity index (χ0) is 13.7. The lowest BCUT2D eigenvalue weighted by Crippen LogP contribution is -2.31. The molecule has 1 aromatic rings. The molecule has 0 saturated heterocycles. The molecular formula is C10H9Cl2N3O3. The predicted octanol–water partition coefficient (Wildman–Crippen LogP) is 1.94. The molecule has 0 aliphatic heterocycles. The Hall–Kier alpha value is -1.79. The van der Waals surface area contributed by atoms with Gasteiger partial charge in [-0.15, -0.1) is 0 Å². The second kappa shape index (κ2) is 6.23. The quantitative estimate of drug-likeness (QED) is 0.655. The summed E-state index contributed by atoms with van der Waals surface area (Å²) in [6.45, 7) is -0.00397. The van der Waals surface area contributed by atoms with Crippen molar-refractivity contribution in [2.75, 3.05) is 0 Å². The zero-order valence-corrected chi connectivity index (χ0v) is 10.5. The number of amides is 2. The van der Waals surface area contributed by atoms with Gasteiger partial charge in [0, 0.05) is 0 Å². The van der Waals surface area contributed by atoms with Crippen LogP contribution in [-0.2, 0) is 11.3 Å². The van der Waals surface area contributed by atoms with Gasteiger partial charge in [0.15, 0.2) is 0 Å². The van der Waals surface area contributed by atoms with Crippen LogP contribution in [0.1, 0.15) is 5.56 Å². The van der Waals surface area contributed by atoms with Crippen LogP contribution < -0.4 is 5.73 Å². The molecule has 18 heavy (non-hydrogen) atoms. The Morgan fingerprint density at radius 1 is 1.39 bits per heavy atom. The van der Waals surface area contributed by atoms with Gasteiger partial charge in [0.2, 0.25) is 0 Å². The number of aliphatic carboxylic acids is 1. The van der Waals surface area contributed by atoms with Crippen LogP contribution in [-0.4, -0.2) is 28.3 Å². The average molecular weight is 290 g/mol. The minimum absolute atomic E-state index is 0.00397. The number of primary amides is 1. The van der Waals surface area contributed by atoms with E-state index in [1.807, 2.05) is 0 Å². The summed E-state index contributed by atoms with van der Waals surface area (Å²) in [7, 11) is 0. The molecule has 0 fully saturated rings. The first kappa shape index (κ1) is 14.3. The van der Waals surface area contributed by atoms with E-state index in [4.69, 9.17) is 34.0 Å². The van der Waals surface area contributed by atoms with Gasteiger partial charge in [-0.05, 0) is 17.7 Å². The Morgan fingerprint density at radius 3 is 2.56 bits per heavy atom. The van der Waals surface area contributed by atoms with Crippen LogP contribution in [0.25, 0.3) is 0 Å². The molecule has 0 heterocycles. The van der Waals surface area contributed by atoms with Crippen LogP contribution in [0.4, 0.5) is 4.79 Å². The highest BCUT2D eigenvalue weighted by Crippen LogP contribution is 2.23. The van der Waals surface area contributed by atoms with Crippen molar-refractivity contribution in [2.24, 2.45) is 10.8 Å². The van der Waals surface area contributed by atoms with Gasteiger partial charge in [-0.2, -0.15) is 5.10 Å². The standard InChI is InChI=1S/C10H9Cl2N3O3/c11-7-2-1-6(3-8(7)12)5-15(10(13)18)14-4-9(16)17/h1-4H,5H2,(H2,13,18)(H,16,17). The normalized spacial score (nSPS) is 10.6. The number of hydrazone groups is 1. The van der Waals surface area contributed by atoms with Crippen LogP contribution >= 0.6 is 23.2 Å². The predicted molar refractivity (Wildman–Crippen MR) is 67.7 cm³/mol. The number of carboxylic acids is 1. The minimum Gasteiger partial charge on any atom is -0.477 e. The Kier molecular flexibility index (Phi) is 4.94. The Bertz CT molecular complexity index is 505. The van der Waals surface area contributed by atoms with Crippen molar-refractivity contribution in [1.82, 2.24) is 5.01 Å². The third-order valence-electron chi connectivity index (χ3n) is 1.88. The van der Waals surface area contributed by atoms with Crippen LogP contribution in [0.15, 0.2) is 23.3 Å². The highest BCUT2D eigenvalue weighted by Gasteiger charge is 2.10. The van der Waals surface area contributed by atoms with E-state index in [1.165, 1.54) is 6.07 Å². The fraction of sp³-hybridized carbons (Fsp3) is 0.100. The van der Waals surface area contributed by atoms with Crippen molar-refractivity contribution < 1.29 is 14.7 Å². The molecule has 0 aliphatic carbocycles. The number of halogens is 2. The highest BCUT2D eigenvalue weighted by atomic mass is 35.5. The van der Waals surface area contributed by atoms with Crippen molar-refractivity contribution >= 4 is 41.4 Å². The molecule has 96 valence electrons. The summed E-state index contributed by atoms with van der Waals surface area (Å²) in [6.07, 6.45) is 0.572. The van der Waals surface area contributed by atoms with Gasteiger partial charge in [-0.3, -0.25) is 0 Å². The molecule has 1 aromatic carbocycles. The maximum absolute atomic E-state index is 11.1. The van der Waals surface area contributed by atoms with Gasteiger partial charge in [0.1, 0.15) is 6.21 Å². The molecule has 3 N–H and O–H groups in total. The molecule has 0 spiro atoms. The number of carbonyl (C=O) groups excluding carboxylic acids is 1. The van der Waals surface area contributed by atoms with E-state index in [9.17, 15) is 9.59 Å². The fourth-order valence-electron chi connectivity index (χ4n) is 1.11. The van der Waals surface area contributed by atoms with Crippen LogP contribution in [0, 0.1) is 0 Å². The number of hydrogen-bond donors (Lipinski definition) is 2. The summed E-state index contributed by atoms with van der Waals surface area (Å²) in [5.74, 6) is -1.28. The fourth-order valence-corrected chi connectivity index (χ4v) is 1.43. The van der Waals surface area contributed by atoms with Gasteiger partial charge in [-0.1, -0.05) is 29.3 Å². The molecule has 0 aliphatic rings. The summed E-state index contributed by atoms with van der Waals surface area (Å²) in [4.78, 5) is 21.4. The number of urea groups is 1. The first-order valence-corrected chi connectivity index (χ1v) is 5.43. The number of nitrogens with zero attached hydrogens (tertiary/aromatic N) is 2. The Labute approximate surface area is 113 Å². The number of carboxylic acid groups (broad SMARTS) is 1. The molecule has 8 heteroatoms. The SMILES string of the molecule is NC(=O)N(Cc1ccc(Cl)c(Cl)c1)N=CC(=O)O. The first-order chi connectivity index (χ1) is 8.40. The van der Waals surface area contributed by atoms with E-state index < -0.39 is 12.0 Å². The van der Waals surface area contributed by atoms with Gasteiger partial charge < -0.3 is 10.8 Å². The Morgan fingerprint density at radius 2 is 2.06 bits per heavy atom. The largest absolute Gasteiger partial charge is 0.477 e. The first-order valence-electron chi connectivity index (χ1n) is 4.68. The van der Waals surface area contributed by atoms with E-state index in [2.05, 4.69) is 5.10 Å². The maximum atomic E-state index is 11.1. The van der Waals surface area contributed by atoms with Gasteiger partial charge >= 0.3 is 12.0 Å². The lowest BCUT2D eigenvalue weighted by atomic mass is 10.2. The molecule has 0 bridgehead atoms. The second-order valence-corrected chi connectivity index (χ2v) is 4.04. The minimum atomic E-state index is -1.28. The molecule has 2 amide bonds.